The van der Waals surface area contributed by atoms with Crippen molar-refractivity contribution in [3.05, 3.63) is 33.3 Å². The van der Waals surface area contributed by atoms with Crippen LogP contribution in [0, 0.1) is 22.0 Å². The molecular formula is C17H22ClN3O4. The fraction of sp³-hybridized carbons (Fsp3) is 0.588. The first-order chi connectivity index (χ1) is 12.0. The van der Waals surface area contributed by atoms with Crippen LogP contribution in [0.5, 0.6) is 5.75 Å². The summed E-state index contributed by atoms with van der Waals surface area (Å²) in [6.07, 6.45) is 2.28. The molecule has 3 rings (SSSR count). The molecule has 0 unspecified atom stereocenters. The monoisotopic (exact) mass is 367 g/mol. The fourth-order valence-electron chi connectivity index (χ4n) is 3.63. The molecule has 2 aliphatic rings. The Morgan fingerprint density at radius 1 is 1.32 bits per heavy atom. The predicted molar refractivity (Wildman–Crippen MR) is 93.9 cm³/mol. The second kappa shape index (κ2) is 8.01. The normalized spacial score (nSPS) is 23.0. The third-order valence-corrected chi connectivity index (χ3v) is 5.30. The van der Waals surface area contributed by atoms with Gasteiger partial charge in [0.15, 0.2) is 5.75 Å². The molecule has 2 aliphatic heterocycles. The van der Waals surface area contributed by atoms with Gasteiger partial charge in [0.2, 0.25) is 5.91 Å². The van der Waals surface area contributed by atoms with Gasteiger partial charge < -0.3 is 15.0 Å². The third kappa shape index (κ3) is 4.41. The van der Waals surface area contributed by atoms with Gasteiger partial charge in [0.1, 0.15) is 0 Å². The zero-order valence-corrected chi connectivity index (χ0v) is 14.7. The van der Waals surface area contributed by atoms with E-state index in [9.17, 15) is 14.9 Å². The van der Waals surface area contributed by atoms with E-state index in [0.717, 1.165) is 39.0 Å². The standard InChI is InChI=1S/C17H22ClN3O4/c18-14-1-2-16(15(9-14)21(23)24)25-8-5-17(22)20-6-3-12-10-19-11-13(12)4-7-20/h1-2,9,12-13,19H,3-8,10-11H2/t12-,13+. The maximum absolute atomic E-state index is 12.4. The zero-order valence-electron chi connectivity index (χ0n) is 13.9. The number of fused-ring (bicyclic) bond motifs is 1. The molecule has 2 saturated heterocycles. The lowest BCUT2D eigenvalue weighted by Crippen LogP contribution is -2.33. The van der Waals surface area contributed by atoms with Crippen LogP contribution >= 0.6 is 11.6 Å². The lowest BCUT2D eigenvalue weighted by molar-refractivity contribution is -0.385. The highest BCUT2D eigenvalue weighted by Gasteiger charge is 2.31. The van der Waals surface area contributed by atoms with Gasteiger partial charge >= 0.3 is 5.69 Å². The van der Waals surface area contributed by atoms with E-state index in [-0.39, 0.29) is 35.4 Å². The number of likely N-dealkylation sites (tertiary alicyclic amines) is 1. The molecule has 1 amide bonds. The second-order valence-electron chi connectivity index (χ2n) is 6.60. The Labute approximate surface area is 151 Å². The number of carbonyl (C=O) groups is 1. The molecule has 1 N–H and O–H groups in total. The van der Waals surface area contributed by atoms with Gasteiger partial charge in [-0.25, -0.2) is 0 Å². The quantitative estimate of drug-likeness (QED) is 0.638. The van der Waals surface area contributed by atoms with E-state index < -0.39 is 4.92 Å². The molecule has 1 aromatic carbocycles. The van der Waals surface area contributed by atoms with Crippen molar-refractivity contribution >= 4 is 23.2 Å². The molecular weight excluding hydrogens is 346 g/mol. The van der Waals surface area contributed by atoms with Crippen LogP contribution in [0.1, 0.15) is 19.3 Å². The first-order valence-corrected chi connectivity index (χ1v) is 8.97. The molecule has 2 fully saturated rings. The molecule has 8 heteroatoms. The van der Waals surface area contributed by atoms with E-state index in [0.29, 0.717) is 11.8 Å². The summed E-state index contributed by atoms with van der Waals surface area (Å²) in [4.78, 5) is 24.8. The highest BCUT2D eigenvalue weighted by Crippen LogP contribution is 2.30. The summed E-state index contributed by atoms with van der Waals surface area (Å²) in [7, 11) is 0. The van der Waals surface area contributed by atoms with E-state index in [2.05, 4.69) is 5.32 Å². The lowest BCUT2D eigenvalue weighted by atomic mass is 9.92. The van der Waals surface area contributed by atoms with Crippen LogP contribution in [0.4, 0.5) is 5.69 Å². The molecule has 25 heavy (non-hydrogen) atoms. The minimum absolute atomic E-state index is 0.0459. The zero-order chi connectivity index (χ0) is 17.8. The van der Waals surface area contributed by atoms with Crippen molar-refractivity contribution < 1.29 is 14.5 Å². The van der Waals surface area contributed by atoms with Crippen LogP contribution < -0.4 is 10.1 Å². The molecule has 7 nitrogen and oxygen atoms in total. The van der Waals surface area contributed by atoms with Crippen LogP contribution in [0.3, 0.4) is 0 Å². The number of ether oxygens (including phenoxy) is 1. The molecule has 0 bridgehead atoms. The Bertz CT molecular complexity index is 641. The lowest BCUT2D eigenvalue weighted by Gasteiger charge is -2.21. The van der Waals surface area contributed by atoms with Crippen molar-refractivity contribution in [3.63, 3.8) is 0 Å². The number of halogens is 1. The molecule has 136 valence electrons. The number of nitrogens with zero attached hydrogens (tertiary/aromatic N) is 2. The molecule has 0 aliphatic carbocycles. The fourth-order valence-corrected chi connectivity index (χ4v) is 3.80. The first kappa shape index (κ1) is 17.9. The topological polar surface area (TPSA) is 84.7 Å². The summed E-state index contributed by atoms with van der Waals surface area (Å²) in [6, 6.07) is 4.25. The first-order valence-electron chi connectivity index (χ1n) is 8.60. The Hall–Kier alpha value is -1.86. The maximum atomic E-state index is 12.4. The highest BCUT2D eigenvalue weighted by molar-refractivity contribution is 6.30. The molecule has 2 atom stereocenters. The Morgan fingerprint density at radius 3 is 2.64 bits per heavy atom. The number of nitrogens with one attached hydrogen (secondary N) is 1. The van der Waals surface area contributed by atoms with E-state index in [1.807, 2.05) is 4.90 Å². The van der Waals surface area contributed by atoms with E-state index in [1.54, 1.807) is 0 Å². The number of carbonyl (C=O) groups excluding carboxylic acids is 1. The number of hydrogen-bond acceptors (Lipinski definition) is 5. The van der Waals surface area contributed by atoms with Gasteiger partial charge in [-0.3, -0.25) is 14.9 Å². The molecule has 1 aromatic rings. The van der Waals surface area contributed by atoms with Gasteiger partial charge in [-0.2, -0.15) is 0 Å². The van der Waals surface area contributed by atoms with Crippen LogP contribution in [0.2, 0.25) is 5.02 Å². The molecule has 0 spiro atoms. The average molecular weight is 368 g/mol. The van der Waals surface area contributed by atoms with Crippen molar-refractivity contribution in [3.8, 4) is 5.75 Å². The smallest absolute Gasteiger partial charge is 0.312 e. The van der Waals surface area contributed by atoms with Crippen molar-refractivity contribution in [1.82, 2.24) is 10.2 Å². The summed E-state index contributed by atoms with van der Waals surface area (Å²) in [5, 5.41) is 14.7. The third-order valence-electron chi connectivity index (χ3n) is 5.06. The number of amides is 1. The SMILES string of the molecule is O=C(CCOc1ccc(Cl)cc1[N+](=O)[O-])N1CC[C@@H]2CNC[C@@H]2CC1. The van der Waals surface area contributed by atoms with Gasteiger partial charge in [0, 0.05) is 24.2 Å². The summed E-state index contributed by atoms with van der Waals surface area (Å²) in [6.45, 7) is 3.78. The number of rotatable bonds is 5. The van der Waals surface area contributed by atoms with Gasteiger partial charge in [-0.15, -0.1) is 0 Å². The molecule has 0 saturated carbocycles. The van der Waals surface area contributed by atoms with Crippen molar-refractivity contribution in [2.45, 2.75) is 19.3 Å². The molecule has 0 aromatic heterocycles. The summed E-state index contributed by atoms with van der Waals surface area (Å²) < 4.78 is 5.46. The Balaban J connectivity index is 1.50. The average Bonchev–Trinajstić information content (AvgIpc) is 2.94. The number of nitro benzene ring substituents is 1. The van der Waals surface area contributed by atoms with Crippen LogP contribution in [0.15, 0.2) is 18.2 Å². The largest absolute Gasteiger partial charge is 0.486 e. The minimum atomic E-state index is -0.537. The van der Waals surface area contributed by atoms with Crippen LogP contribution in [-0.2, 0) is 4.79 Å². The van der Waals surface area contributed by atoms with Gasteiger partial charge in [-0.1, -0.05) is 11.6 Å². The maximum Gasteiger partial charge on any atom is 0.312 e. The van der Waals surface area contributed by atoms with E-state index >= 15 is 0 Å². The van der Waals surface area contributed by atoms with Crippen molar-refractivity contribution in [1.29, 1.82) is 0 Å². The highest BCUT2D eigenvalue weighted by atomic mass is 35.5. The molecule has 0 radical (unpaired) electrons. The van der Waals surface area contributed by atoms with Gasteiger partial charge in [0.25, 0.3) is 0 Å². The minimum Gasteiger partial charge on any atom is -0.486 e. The predicted octanol–water partition coefficient (Wildman–Crippen LogP) is 2.48. The summed E-state index contributed by atoms with van der Waals surface area (Å²) in [5.74, 6) is 1.53. The van der Waals surface area contributed by atoms with E-state index in [4.69, 9.17) is 16.3 Å². The second-order valence-corrected chi connectivity index (χ2v) is 7.04. The van der Waals surface area contributed by atoms with Gasteiger partial charge in [-0.05, 0) is 49.9 Å². The van der Waals surface area contributed by atoms with Crippen molar-refractivity contribution in [2.24, 2.45) is 11.8 Å². The van der Waals surface area contributed by atoms with E-state index in [1.165, 1.54) is 18.2 Å². The van der Waals surface area contributed by atoms with Crippen LogP contribution in [-0.4, -0.2) is 48.5 Å². The van der Waals surface area contributed by atoms with Gasteiger partial charge in [0.05, 0.1) is 18.0 Å². The van der Waals surface area contributed by atoms with Crippen LogP contribution in [0.25, 0.3) is 0 Å². The number of benzene rings is 1. The summed E-state index contributed by atoms with van der Waals surface area (Å²) >= 11 is 5.78. The number of hydrogen-bond donors (Lipinski definition) is 1. The number of nitro groups is 1. The molecule has 2 heterocycles. The summed E-state index contributed by atoms with van der Waals surface area (Å²) in [5.41, 5.74) is -0.185. The van der Waals surface area contributed by atoms with Crippen molar-refractivity contribution in [2.75, 3.05) is 32.8 Å². The Kier molecular flexibility index (Phi) is 5.75. The Morgan fingerprint density at radius 2 is 2.00 bits per heavy atom.